The Kier molecular flexibility index (Phi) is 8.92. The molecule has 6 nitrogen and oxygen atoms in total. The van der Waals surface area contributed by atoms with E-state index in [1.165, 1.54) is 4.31 Å². The van der Waals surface area contributed by atoms with Crippen LogP contribution >= 0.6 is 0 Å². The van der Waals surface area contributed by atoms with Crippen LogP contribution in [-0.4, -0.2) is 61.5 Å². The highest BCUT2D eigenvalue weighted by Gasteiger charge is 2.30. The number of hydrogen-bond donors (Lipinski definition) is 1. The highest BCUT2D eigenvalue weighted by molar-refractivity contribution is 7.89. The predicted molar refractivity (Wildman–Crippen MR) is 113 cm³/mol. The molecule has 158 valence electrons. The third kappa shape index (κ3) is 6.87. The van der Waals surface area contributed by atoms with E-state index in [2.05, 4.69) is 5.32 Å². The quantitative estimate of drug-likeness (QED) is 0.644. The van der Waals surface area contributed by atoms with Gasteiger partial charge in [0.05, 0.1) is 12.3 Å². The fourth-order valence-corrected chi connectivity index (χ4v) is 5.24. The first-order valence-corrected chi connectivity index (χ1v) is 12.0. The van der Waals surface area contributed by atoms with Crippen molar-refractivity contribution in [2.24, 2.45) is 5.92 Å². The van der Waals surface area contributed by atoms with Crippen LogP contribution in [0.2, 0.25) is 0 Å². The van der Waals surface area contributed by atoms with Crippen LogP contribution < -0.4 is 5.32 Å². The van der Waals surface area contributed by atoms with Gasteiger partial charge in [-0.15, -0.1) is 0 Å². The normalized spacial score (nSPS) is 15.9. The molecule has 7 heteroatoms. The highest BCUT2D eigenvalue weighted by atomic mass is 32.2. The topological polar surface area (TPSA) is 69.7 Å². The molecular weight excluding hydrogens is 374 g/mol. The Balaban J connectivity index is 2.20. The number of carbonyl (C=O) groups excluding carboxylic acids is 1. The average molecular weight is 410 g/mol. The maximum Gasteiger partial charge on any atom is 0.238 e. The minimum absolute atomic E-state index is 0.0721. The van der Waals surface area contributed by atoms with Crippen LogP contribution in [0.3, 0.4) is 0 Å². The molecule has 1 aliphatic rings. The van der Waals surface area contributed by atoms with Crippen molar-refractivity contribution in [3.05, 3.63) is 35.9 Å². The van der Waals surface area contributed by atoms with E-state index in [4.69, 9.17) is 0 Å². The van der Waals surface area contributed by atoms with E-state index in [0.29, 0.717) is 19.5 Å². The van der Waals surface area contributed by atoms with Gasteiger partial charge in [-0.1, -0.05) is 51.1 Å². The number of piperidine rings is 1. The Morgan fingerprint density at radius 3 is 2.39 bits per heavy atom. The van der Waals surface area contributed by atoms with Crippen molar-refractivity contribution in [1.82, 2.24) is 14.5 Å². The van der Waals surface area contributed by atoms with E-state index in [0.717, 1.165) is 31.5 Å². The fraction of sp³-hybridized carbons (Fsp3) is 0.667. The standard InChI is InChI=1S/C21H35N3O3S/c1-4-14-28(26,27)23(15-18(2)3)17-21(25)24(20-10-12-22-13-11-20)16-19-8-6-5-7-9-19/h5-9,18,20,22H,4,10-17H2,1-3H3. The molecule has 0 aromatic heterocycles. The maximum absolute atomic E-state index is 13.3. The van der Waals surface area contributed by atoms with Crippen LogP contribution in [0.15, 0.2) is 30.3 Å². The molecule has 1 aromatic carbocycles. The first-order chi connectivity index (χ1) is 13.3. The van der Waals surface area contributed by atoms with Gasteiger partial charge in [0.15, 0.2) is 0 Å². The van der Waals surface area contributed by atoms with Crippen molar-refractivity contribution in [3.63, 3.8) is 0 Å². The molecular formula is C21H35N3O3S. The molecule has 28 heavy (non-hydrogen) atoms. The number of nitrogens with zero attached hydrogens (tertiary/aromatic N) is 2. The first kappa shape index (κ1) is 22.8. The average Bonchev–Trinajstić information content (AvgIpc) is 2.66. The van der Waals surface area contributed by atoms with Crippen molar-refractivity contribution >= 4 is 15.9 Å². The van der Waals surface area contributed by atoms with E-state index < -0.39 is 10.0 Å². The molecule has 0 bridgehead atoms. The van der Waals surface area contributed by atoms with E-state index in [1.54, 1.807) is 0 Å². The zero-order valence-corrected chi connectivity index (χ0v) is 18.2. The molecule has 2 rings (SSSR count). The van der Waals surface area contributed by atoms with E-state index in [1.807, 2.05) is 56.0 Å². The van der Waals surface area contributed by atoms with E-state index in [9.17, 15) is 13.2 Å². The Bertz CT molecular complexity index is 701. The number of amides is 1. The van der Waals surface area contributed by atoms with Gasteiger partial charge in [-0.2, -0.15) is 4.31 Å². The van der Waals surface area contributed by atoms with Crippen LogP contribution in [0.25, 0.3) is 0 Å². The van der Waals surface area contributed by atoms with Crippen LogP contribution in [-0.2, 0) is 21.4 Å². The summed E-state index contributed by atoms with van der Waals surface area (Å²) in [7, 11) is -3.43. The predicted octanol–water partition coefficient (Wildman–Crippen LogP) is 2.46. The molecule has 0 aliphatic carbocycles. The molecule has 0 saturated carbocycles. The first-order valence-electron chi connectivity index (χ1n) is 10.4. The summed E-state index contributed by atoms with van der Waals surface area (Å²) in [5.41, 5.74) is 1.07. The zero-order valence-electron chi connectivity index (χ0n) is 17.4. The van der Waals surface area contributed by atoms with Gasteiger partial charge in [0, 0.05) is 19.1 Å². The number of sulfonamides is 1. The number of hydrogen-bond acceptors (Lipinski definition) is 4. The smallest absolute Gasteiger partial charge is 0.238 e. The molecule has 1 fully saturated rings. The molecule has 1 heterocycles. The van der Waals surface area contributed by atoms with Crippen molar-refractivity contribution in [2.75, 3.05) is 31.9 Å². The molecule has 0 unspecified atom stereocenters. The van der Waals surface area contributed by atoms with Crippen molar-refractivity contribution in [3.8, 4) is 0 Å². The third-order valence-electron chi connectivity index (χ3n) is 5.00. The van der Waals surface area contributed by atoms with Gasteiger partial charge in [-0.3, -0.25) is 4.79 Å². The number of benzene rings is 1. The fourth-order valence-electron chi connectivity index (χ4n) is 3.63. The molecule has 1 aliphatic heterocycles. The molecule has 1 saturated heterocycles. The summed E-state index contributed by atoms with van der Waals surface area (Å²) in [6.07, 6.45) is 2.34. The van der Waals surface area contributed by atoms with Gasteiger partial charge in [0.1, 0.15) is 0 Å². The number of nitrogens with one attached hydrogen (secondary N) is 1. The van der Waals surface area contributed by atoms with Crippen molar-refractivity contribution in [1.29, 1.82) is 0 Å². The van der Waals surface area contributed by atoms with Crippen LogP contribution in [0, 0.1) is 5.92 Å². The van der Waals surface area contributed by atoms with Gasteiger partial charge in [0.2, 0.25) is 15.9 Å². The monoisotopic (exact) mass is 409 g/mol. The van der Waals surface area contributed by atoms with Crippen molar-refractivity contribution < 1.29 is 13.2 Å². The lowest BCUT2D eigenvalue weighted by atomic mass is 10.0. The number of carbonyl (C=O) groups is 1. The Morgan fingerprint density at radius 2 is 1.82 bits per heavy atom. The van der Waals surface area contributed by atoms with Gasteiger partial charge in [0.25, 0.3) is 0 Å². The van der Waals surface area contributed by atoms with Crippen LogP contribution in [0.5, 0.6) is 0 Å². The second kappa shape index (κ2) is 10.9. The van der Waals surface area contributed by atoms with Crippen LogP contribution in [0.1, 0.15) is 45.6 Å². The second-order valence-electron chi connectivity index (χ2n) is 7.99. The zero-order chi connectivity index (χ0) is 20.6. The van der Waals surface area contributed by atoms with Gasteiger partial charge in [-0.05, 0) is 43.8 Å². The lowest BCUT2D eigenvalue weighted by Gasteiger charge is -2.36. The number of rotatable bonds is 10. The van der Waals surface area contributed by atoms with E-state index >= 15 is 0 Å². The lowest BCUT2D eigenvalue weighted by molar-refractivity contribution is -0.135. The Labute approximate surface area is 170 Å². The van der Waals surface area contributed by atoms with Gasteiger partial charge < -0.3 is 10.2 Å². The molecule has 1 aromatic rings. The maximum atomic E-state index is 13.3. The Hall–Kier alpha value is -1.44. The van der Waals surface area contributed by atoms with E-state index in [-0.39, 0.29) is 30.2 Å². The summed E-state index contributed by atoms with van der Waals surface area (Å²) in [6.45, 7) is 8.40. The second-order valence-corrected chi connectivity index (χ2v) is 10.1. The molecule has 1 amide bonds. The van der Waals surface area contributed by atoms with Gasteiger partial charge in [-0.25, -0.2) is 8.42 Å². The lowest BCUT2D eigenvalue weighted by Crippen LogP contribution is -2.50. The minimum atomic E-state index is -3.43. The molecule has 0 atom stereocenters. The summed E-state index contributed by atoms with van der Waals surface area (Å²) < 4.78 is 26.8. The largest absolute Gasteiger partial charge is 0.334 e. The van der Waals surface area contributed by atoms with Gasteiger partial charge >= 0.3 is 0 Å². The highest BCUT2D eigenvalue weighted by Crippen LogP contribution is 2.18. The van der Waals surface area contributed by atoms with Crippen LogP contribution in [0.4, 0.5) is 0 Å². The summed E-state index contributed by atoms with van der Waals surface area (Å²) in [5.74, 6) is 0.149. The summed E-state index contributed by atoms with van der Waals surface area (Å²) >= 11 is 0. The minimum Gasteiger partial charge on any atom is -0.334 e. The summed E-state index contributed by atoms with van der Waals surface area (Å²) in [6, 6.07) is 10.1. The Morgan fingerprint density at radius 1 is 1.18 bits per heavy atom. The van der Waals surface area contributed by atoms with Crippen molar-refractivity contribution in [2.45, 2.75) is 52.6 Å². The molecule has 1 N–H and O–H groups in total. The third-order valence-corrected chi connectivity index (χ3v) is 6.99. The SMILES string of the molecule is CCCS(=O)(=O)N(CC(=O)N(Cc1ccccc1)C1CCNCC1)CC(C)C. The molecule has 0 radical (unpaired) electrons. The summed E-state index contributed by atoms with van der Waals surface area (Å²) in [4.78, 5) is 15.2. The summed E-state index contributed by atoms with van der Waals surface area (Å²) in [5, 5.41) is 3.34. The molecule has 0 spiro atoms.